The van der Waals surface area contributed by atoms with Crippen molar-refractivity contribution in [2.75, 3.05) is 0 Å². The topological polar surface area (TPSA) is 12.9 Å². The summed E-state index contributed by atoms with van der Waals surface area (Å²) in [5.41, 5.74) is 2.99. The third kappa shape index (κ3) is 1.72. The van der Waals surface area contributed by atoms with E-state index in [-0.39, 0.29) is 4.75 Å². The monoisotopic (exact) mass is 275 g/mol. The van der Waals surface area contributed by atoms with Crippen molar-refractivity contribution in [1.82, 2.24) is 4.98 Å². The summed E-state index contributed by atoms with van der Waals surface area (Å²) in [6, 6.07) is 6.36. The van der Waals surface area contributed by atoms with Gasteiger partial charge in [0.05, 0.1) is 0 Å². The number of hydrogen-bond donors (Lipinski definition) is 1. The second-order valence-corrected chi connectivity index (χ2v) is 8.29. The maximum atomic E-state index is 5.26. The largest absolute Gasteiger partial charge is 0.258 e. The molecule has 2 fully saturated rings. The molecule has 3 rings (SSSR count). The minimum atomic E-state index is 0.0731. The quantitative estimate of drug-likeness (QED) is 0.787. The Morgan fingerprint density at radius 3 is 2.63 bits per heavy atom. The summed E-state index contributed by atoms with van der Waals surface area (Å²) in [7, 11) is 0. The molecule has 1 heterocycles. The normalized spacial score (nSPS) is 39.7. The van der Waals surface area contributed by atoms with Crippen molar-refractivity contribution in [2.45, 2.75) is 58.1 Å². The molecule has 104 valence electrons. The molecule has 2 aliphatic carbocycles. The van der Waals surface area contributed by atoms with Crippen molar-refractivity contribution in [3.05, 3.63) is 29.6 Å². The fourth-order valence-corrected chi connectivity index (χ4v) is 5.30. The first-order chi connectivity index (χ1) is 8.78. The number of aryl methyl sites for hydroxylation is 1. The molecule has 0 spiro atoms. The number of hydrogen-bond acceptors (Lipinski definition) is 2. The molecule has 0 unspecified atom stereocenters. The van der Waals surface area contributed by atoms with Crippen LogP contribution in [0.25, 0.3) is 0 Å². The Kier molecular flexibility index (Phi) is 2.84. The van der Waals surface area contributed by atoms with Gasteiger partial charge in [-0.1, -0.05) is 26.8 Å². The van der Waals surface area contributed by atoms with E-state index < -0.39 is 0 Å². The van der Waals surface area contributed by atoms with Gasteiger partial charge >= 0.3 is 0 Å². The number of pyridine rings is 1. The average molecular weight is 275 g/mol. The number of rotatable bonds is 2. The number of nitrogens with zero attached hydrogens (tertiary/aromatic N) is 1. The van der Waals surface area contributed by atoms with Crippen LogP contribution >= 0.6 is 12.6 Å². The molecule has 1 aromatic rings. The van der Waals surface area contributed by atoms with Crippen LogP contribution in [-0.2, 0) is 6.42 Å². The minimum absolute atomic E-state index is 0.0731. The molecule has 0 radical (unpaired) electrons. The second-order valence-electron chi connectivity index (χ2n) is 7.53. The highest BCUT2D eigenvalue weighted by atomic mass is 32.1. The Morgan fingerprint density at radius 1 is 1.32 bits per heavy atom. The van der Waals surface area contributed by atoms with Gasteiger partial charge in [-0.15, -0.1) is 0 Å². The molecule has 2 bridgehead atoms. The van der Waals surface area contributed by atoms with E-state index in [0.717, 1.165) is 18.0 Å². The van der Waals surface area contributed by atoms with Gasteiger partial charge in [-0.25, -0.2) is 0 Å². The first-order valence-electron chi connectivity index (χ1n) is 7.43. The molecule has 2 aliphatic rings. The van der Waals surface area contributed by atoms with Crippen LogP contribution in [0.2, 0.25) is 0 Å². The van der Waals surface area contributed by atoms with E-state index >= 15 is 0 Å². The van der Waals surface area contributed by atoms with E-state index in [1.54, 1.807) is 0 Å². The standard InChI is InChI=1S/C17H25NS/c1-12-6-5-7-14(18-12)11-17(19)15(2,3)13-8-9-16(17,4)10-13/h5-7,13,19H,8-11H2,1-4H3/t13-,16+,17-/m1/s1. The zero-order valence-electron chi connectivity index (χ0n) is 12.5. The molecule has 0 saturated heterocycles. The maximum absolute atomic E-state index is 5.26. The van der Waals surface area contributed by atoms with Crippen molar-refractivity contribution < 1.29 is 0 Å². The van der Waals surface area contributed by atoms with Crippen molar-refractivity contribution in [2.24, 2.45) is 16.7 Å². The first-order valence-corrected chi connectivity index (χ1v) is 7.88. The third-order valence-electron chi connectivity index (χ3n) is 6.21. The molecule has 1 nitrogen and oxygen atoms in total. The smallest absolute Gasteiger partial charge is 0.0420 e. The van der Waals surface area contributed by atoms with Gasteiger partial charge in [0.25, 0.3) is 0 Å². The lowest BCUT2D eigenvalue weighted by Crippen LogP contribution is -2.51. The molecule has 19 heavy (non-hydrogen) atoms. The van der Waals surface area contributed by atoms with Crippen LogP contribution < -0.4 is 0 Å². The van der Waals surface area contributed by atoms with Gasteiger partial charge in [0.2, 0.25) is 0 Å². The fourth-order valence-electron chi connectivity index (χ4n) is 4.75. The van der Waals surface area contributed by atoms with Crippen LogP contribution in [0.15, 0.2) is 18.2 Å². The summed E-state index contributed by atoms with van der Waals surface area (Å²) in [4.78, 5) is 4.71. The highest BCUT2D eigenvalue weighted by Crippen LogP contribution is 2.71. The molecular formula is C17H25NS. The molecular weight excluding hydrogens is 250 g/mol. The van der Waals surface area contributed by atoms with E-state index in [2.05, 4.69) is 45.9 Å². The van der Waals surface area contributed by atoms with Crippen LogP contribution in [0, 0.1) is 23.7 Å². The molecule has 0 amide bonds. The van der Waals surface area contributed by atoms with Crippen molar-refractivity contribution in [1.29, 1.82) is 0 Å². The van der Waals surface area contributed by atoms with Crippen LogP contribution in [0.1, 0.15) is 51.4 Å². The Hall–Kier alpha value is -0.500. The van der Waals surface area contributed by atoms with Crippen molar-refractivity contribution >= 4 is 12.6 Å². The summed E-state index contributed by atoms with van der Waals surface area (Å²) in [5, 5.41) is 0. The Labute approximate surface area is 122 Å². The van der Waals surface area contributed by atoms with Crippen LogP contribution in [0.5, 0.6) is 0 Å². The lowest BCUT2D eigenvalue weighted by molar-refractivity contribution is 0.109. The number of aromatic nitrogens is 1. The molecule has 3 atom stereocenters. The lowest BCUT2D eigenvalue weighted by atomic mass is 9.61. The summed E-state index contributed by atoms with van der Waals surface area (Å²) in [6.45, 7) is 9.36. The molecule has 0 N–H and O–H groups in total. The van der Waals surface area contributed by atoms with Crippen LogP contribution in [0.3, 0.4) is 0 Å². The van der Waals surface area contributed by atoms with E-state index in [4.69, 9.17) is 17.6 Å². The predicted molar refractivity (Wildman–Crippen MR) is 83.6 cm³/mol. The third-order valence-corrected chi connectivity index (χ3v) is 7.48. The summed E-state index contributed by atoms with van der Waals surface area (Å²) in [6.07, 6.45) is 5.05. The summed E-state index contributed by atoms with van der Waals surface area (Å²) >= 11 is 5.26. The Bertz CT molecular complexity index is 503. The van der Waals surface area contributed by atoms with Gasteiger partial charge in [-0.2, -0.15) is 12.6 Å². The predicted octanol–water partition coefficient (Wildman–Crippen LogP) is 4.45. The number of fused-ring (bicyclic) bond motifs is 2. The minimum Gasteiger partial charge on any atom is -0.258 e. The SMILES string of the molecule is Cc1cccc(C[C@@]2(S)C(C)(C)[C@@H]3CC[C@@]2(C)C3)n1. The maximum Gasteiger partial charge on any atom is 0.0420 e. The first kappa shape index (κ1) is 13.5. The molecule has 2 heteroatoms. The van der Waals surface area contributed by atoms with Gasteiger partial charge in [-0.3, -0.25) is 4.98 Å². The van der Waals surface area contributed by atoms with Crippen molar-refractivity contribution in [3.8, 4) is 0 Å². The van der Waals surface area contributed by atoms with Gasteiger partial charge in [0.1, 0.15) is 0 Å². The van der Waals surface area contributed by atoms with E-state index in [9.17, 15) is 0 Å². The van der Waals surface area contributed by atoms with E-state index in [0.29, 0.717) is 10.8 Å². The second kappa shape index (κ2) is 4.00. The fraction of sp³-hybridized carbons (Fsp3) is 0.706. The van der Waals surface area contributed by atoms with Gasteiger partial charge in [-0.05, 0) is 55.1 Å². The Morgan fingerprint density at radius 2 is 2.05 bits per heavy atom. The van der Waals surface area contributed by atoms with Crippen molar-refractivity contribution in [3.63, 3.8) is 0 Å². The molecule has 1 aromatic heterocycles. The van der Waals surface area contributed by atoms with E-state index in [1.807, 2.05) is 0 Å². The van der Waals surface area contributed by atoms with E-state index in [1.165, 1.54) is 25.0 Å². The van der Waals surface area contributed by atoms with Gasteiger partial charge in [0.15, 0.2) is 0 Å². The molecule has 0 aromatic carbocycles. The van der Waals surface area contributed by atoms with Crippen LogP contribution in [-0.4, -0.2) is 9.73 Å². The molecule has 2 saturated carbocycles. The highest BCUT2D eigenvalue weighted by Gasteiger charge is 2.66. The Balaban J connectivity index is 1.98. The number of thiol groups is 1. The molecule has 0 aliphatic heterocycles. The average Bonchev–Trinajstić information content (AvgIpc) is 2.78. The summed E-state index contributed by atoms with van der Waals surface area (Å²) in [5.74, 6) is 0.833. The zero-order chi connectivity index (χ0) is 13.9. The van der Waals surface area contributed by atoms with Crippen LogP contribution in [0.4, 0.5) is 0 Å². The zero-order valence-corrected chi connectivity index (χ0v) is 13.4. The lowest BCUT2D eigenvalue weighted by Gasteiger charge is -2.51. The summed E-state index contributed by atoms with van der Waals surface area (Å²) < 4.78 is 0.0731. The van der Waals surface area contributed by atoms with Gasteiger partial charge in [0, 0.05) is 22.6 Å². The highest BCUT2D eigenvalue weighted by molar-refractivity contribution is 7.82. The van der Waals surface area contributed by atoms with Gasteiger partial charge < -0.3 is 0 Å².